The molecule has 3 N–H and O–H groups in total. The normalized spacial score (nSPS) is 28.6. The van der Waals surface area contributed by atoms with E-state index in [2.05, 4.69) is 5.32 Å². The van der Waals surface area contributed by atoms with Gasteiger partial charge in [-0.05, 0) is 38.6 Å². The number of rotatable bonds is 4. The van der Waals surface area contributed by atoms with E-state index in [9.17, 15) is 9.59 Å². The van der Waals surface area contributed by atoms with Gasteiger partial charge >= 0.3 is 0 Å². The summed E-state index contributed by atoms with van der Waals surface area (Å²) < 4.78 is 0. The monoisotopic (exact) mass is 239 g/mol. The number of nitrogens with zero attached hydrogens (tertiary/aromatic N) is 1. The van der Waals surface area contributed by atoms with Crippen LogP contribution in [0.25, 0.3) is 0 Å². The highest BCUT2D eigenvalue weighted by Gasteiger charge is 2.32. The predicted molar refractivity (Wildman–Crippen MR) is 64.2 cm³/mol. The van der Waals surface area contributed by atoms with Gasteiger partial charge < -0.3 is 16.0 Å². The molecule has 2 rings (SSSR count). The number of amides is 2. The van der Waals surface area contributed by atoms with Gasteiger partial charge in [-0.2, -0.15) is 0 Å². The Morgan fingerprint density at radius 3 is 2.76 bits per heavy atom. The lowest BCUT2D eigenvalue weighted by molar-refractivity contribution is -0.137. The first-order valence-corrected chi connectivity index (χ1v) is 6.50. The van der Waals surface area contributed by atoms with Crippen molar-refractivity contribution in [2.24, 2.45) is 5.73 Å². The van der Waals surface area contributed by atoms with Crippen LogP contribution in [0.1, 0.15) is 38.5 Å². The lowest BCUT2D eigenvalue weighted by Gasteiger charge is -2.22. The third-order valence-electron chi connectivity index (χ3n) is 3.77. The standard InChI is InChI=1S/C12H21N3O2/c13-12(17)10-4-2-8-15(10)11(16)6-5-9-3-1-7-14-9/h9-10,14H,1-8H2,(H2,13,17). The highest BCUT2D eigenvalue weighted by Crippen LogP contribution is 2.19. The summed E-state index contributed by atoms with van der Waals surface area (Å²) in [6, 6.07) is 0.118. The third-order valence-corrected chi connectivity index (χ3v) is 3.77. The van der Waals surface area contributed by atoms with Gasteiger partial charge in [0.2, 0.25) is 11.8 Å². The van der Waals surface area contributed by atoms with Crippen LogP contribution in [0.15, 0.2) is 0 Å². The number of nitrogens with two attached hydrogens (primary N) is 1. The number of hydrogen-bond donors (Lipinski definition) is 2. The molecule has 0 aromatic carbocycles. The van der Waals surface area contributed by atoms with Gasteiger partial charge in [-0.25, -0.2) is 0 Å². The van der Waals surface area contributed by atoms with Gasteiger partial charge in [0.1, 0.15) is 6.04 Å². The van der Waals surface area contributed by atoms with Crippen LogP contribution in [-0.2, 0) is 9.59 Å². The largest absolute Gasteiger partial charge is 0.368 e. The van der Waals surface area contributed by atoms with Crippen molar-refractivity contribution < 1.29 is 9.59 Å². The summed E-state index contributed by atoms with van der Waals surface area (Å²) >= 11 is 0. The Morgan fingerprint density at radius 2 is 2.12 bits per heavy atom. The lowest BCUT2D eigenvalue weighted by atomic mass is 10.1. The zero-order valence-corrected chi connectivity index (χ0v) is 10.2. The molecule has 2 atom stereocenters. The van der Waals surface area contributed by atoms with Crippen molar-refractivity contribution in [2.75, 3.05) is 13.1 Å². The topological polar surface area (TPSA) is 75.4 Å². The van der Waals surface area contributed by atoms with Crippen molar-refractivity contribution in [3.8, 4) is 0 Å². The summed E-state index contributed by atoms with van der Waals surface area (Å²) in [4.78, 5) is 24.9. The fourth-order valence-electron chi connectivity index (χ4n) is 2.81. The predicted octanol–water partition coefficient (Wildman–Crippen LogP) is -0.00510. The minimum absolute atomic E-state index is 0.0833. The highest BCUT2D eigenvalue weighted by atomic mass is 16.2. The molecular weight excluding hydrogens is 218 g/mol. The second kappa shape index (κ2) is 5.49. The smallest absolute Gasteiger partial charge is 0.240 e. The van der Waals surface area contributed by atoms with Crippen molar-refractivity contribution >= 4 is 11.8 Å². The van der Waals surface area contributed by atoms with E-state index in [1.54, 1.807) is 4.90 Å². The summed E-state index contributed by atoms with van der Waals surface area (Å²) in [7, 11) is 0. The van der Waals surface area contributed by atoms with Gasteiger partial charge in [0.05, 0.1) is 0 Å². The maximum Gasteiger partial charge on any atom is 0.240 e. The Balaban J connectivity index is 1.80. The van der Waals surface area contributed by atoms with Crippen molar-refractivity contribution in [1.82, 2.24) is 10.2 Å². The number of primary amides is 1. The number of likely N-dealkylation sites (tertiary alicyclic amines) is 1. The summed E-state index contributed by atoms with van der Waals surface area (Å²) in [5, 5.41) is 3.37. The first kappa shape index (κ1) is 12.4. The Labute approximate surface area is 102 Å². The summed E-state index contributed by atoms with van der Waals surface area (Å²) in [6.07, 6.45) is 5.38. The fraction of sp³-hybridized carbons (Fsp3) is 0.833. The fourth-order valence-corrected chi connectivity index (χ4v) is 2.81. The molecule has 17 heavy (non-hydrogen) atoms. The van der Waals surface area contributed by atoms with Crippen LogP contribution < -0.4 is 11.1 Å². The molecular formula is C12H21N3O2. The zero-order chi connectivity index (χ0) is 12.3. The van der Waals surface area contributed by atoms with Gasteiger partial charge in [-0.1, -0.05) is 0 Å². The Bertz CT molecular complexity index is 300. The molecule has 0 saturated carbocycles. The second-order valence-electron chi connectivity index (χ2n) is 4.98. The summed E-state index contributed by atoms with van der Waals surface area (Å²) in [5.41, 5.74) is 5.30. The minimum atomic E-state index is -0.366. The SMILES string of the molecule is NC(=O)C1CCCN1C(=O)CCC1CCCN1. The number of carbonyl (C=O) groups is 2. The van der Waals surface area contributed by atoms with Gasteiger partial charge in [0.25, 0.3) is 0 Å². The zero-order valence-electron chi connectivity index (χ0n) is 10.2. The molecule has 96 valence electrons. The van der Waals surface area contributed by atoms with Crippen LogP contribution in [0.4, 0.5) is 0 Å². The minimum Gasteiger partial charge on any atom is -0.368 e. The van der Waals surface area contributed by atoms with Crippen molar-refractivity contribution in [1.29, 1.82) is 0 Å². The van der Waals surface area contributed by atoms with Crippen LogP contribution in [0.5, 0.6) is 0 Å². The van der Waals surface area contributed by atoms with E-state index in [1.807, 2.05) is 0 Å². The molecule has 5 heteroatoms. The molecule has 2 fully saturated rings. The number of nitrogens with one attached hydrogen (secondary N) is 1. The van der Waals surface area contributed by atoms with Gasteiger partial charge in [-0.15, -0.1) is 0 Å². The van der Waals surface area contributed by atoms with Crippen molar-refractivity contribution in [2.45, 2.75) is 50.6 Å². The number of carbonyl (C=O) groups excluding carboxylic acids is 2. The molecule has 2 saturated heterocycles. The van der Waals surface area contributed by atoms with E-state index < -0.39 is 0 Å². The van der Waals surface area contributed by atoms with E-state index in [0.717, 1.165) is 32.2 Å². The first-order chi connectivity index (χ1) is 8.18. The van der Waals surface area contributed by atoms with Gasteiger partial charge in [-0.3, -0.25) is 9.59 Å². The Hall–Kier alpha value is -1.10. The Morgan fingerprint density at radius 1 is 1.29 bits per heavy atom. The molecule has 2 unspecified atom stereocenters. The third kappa shape index (κ3) is 2.97. The van der Waals surface area contributed by atoms with Gasteiger partial charge in [0.15, 0.2) is 0 Å². The highest BCUT2D eigenvalue weighted by molar-refractivity contribution is 5.87. The molecule has 0 aliphatic carbocycles. The molecule has 0 spiro atoms. The lowest BCUT2D eigenvalue weighted by Crippen LogP contribution is -2.44. The van der Waals surface area contributed by atoms with Crippen molar-refractivity contribution in [3.05, 3.63) is 0 Å². The summed E-state index contributed by atoms with van der Waals surface area (Å²) in [5.74, 6) is -0.283. The van der Waals surface area contributed by atoms with Crippen LogP contribution >= 0.6 is 0 Å². The average molecular weight is 239 g/mol. The molecule has 2 amide bonds. The van der Waals surface area contributed by atoms with Crippen LogP contribution in [0.3, 0.4) is 0 Å². The van der Waals surface area contributed by atoms with Crippen LogP contribution in [0.2, 0.25) is 0 Å². The molecule has 0 aromatic heterocycles. The number of hydrogen-bond acceptors (Lipinski definition) is 3. The maximum atomic E-state index is 12.0. The molecule has 0 aromatic rings. The Kier molecular flexibility index (Phi) is 3.99. The van der Waals surface area contributed by atoms with Gasteiger partial charge in [0, 0.05) is 19.0 Å². The molecule has 0 bridgehead atoms. The van der Waals surface area contributed by atoms with E-state index in [1.165, 1.54) is 6.42 Å². The molecule has 2 heterocycles. The van der Waals surface area contributed by atoms with E-state index >= 15 is 0 Å². The summed E-state index contributed by atoms with van der Waals surface area (Å²) in [6.45, 7) is 1.75. The van der Waals surface area contributed by atoms with E-state index in [-0.39, 0.29) is 17.9 Å². The molecule has 0 radical (unpaired) electrons. The quantitative estimate of drug-likeness (QED) is 0.725. The molecule has 5 nitrogen and oxygen atoms in total. The van der Waals surface area contributed by atoms with Crippen LogP contribution in [0, 0.1) is 0 Å². The van der Waals surface area contributed by atoms with Crippen molar-refractivity contribution in [3.63, 3.8) is 0 Å². The molecule has 2 aliphatic heterocycles. The molecule has 2 aliphatic rings. The van der Waals surface area contributed by atoms with E-state index in [4.69, 9.17) is 5.73 Å². The first-order valence-electron chi connectivity index (χ1n) is 6.50. The maximum absolute atomic E-state index is 12.0. The van der Waals surface area contributed by atoms with E-state index in [0.29, 0.717) is 19.0 Å². The average Bonchev–Trinajstić information content (AvgIpc) is 2.96. The van der Waals surface area contributed by atoms with Crippen LogP contribution in [-0.4, -0.2) is 41.9 Å². The second-order valence-corrected chi connectivity index (χ2v) is 4.98.